The monoisotopic (exact) mass is 450 g/mol. The Morgan fingerprint density at radius 3 is 2.03 bits per heavy atom. The highest BCUT2D eigenvalue weighted by Crippen LogP contribution is 2.40. The molecule has 1 aliphatic heterocycles. The molecule has 32 heavy (non-hydrogen) atoms. The van der Waals surface area contributed by atoms with E-state index in [2.05, 4.69) is 10.2 Å². The van der Waals surface area contributed by atoms with Crippen LogP contribution in [-0.2, 0) is 16.0 Å². The van der Waals surface area contributed by atoms with Crippen molar-refractivity contribution in [2.75, 3.05) is 19.2 Å². The molecule has 0 saturated carbocycles. The van der Waals surface area contributed by atoms with E-state index in [9.17, 15) is 9.59 Å². The number of aromatic nitrogens is 3. The maximum absolute atomic E-state index is 12.9. The average molecular weight is 451 g/mol. The van der Waals surface area contributed by atoms with Crippen molar-refractivity contribution in [1.29, 1.82) is 0 Å². The number of thioether (sulfide) groups is 1. The molecule has 0 unspecified atom stereocenters. The van der Waals surface area contributed by atoms with Crippen molar-refractivity contribution < 1.29 is 19.1 Å². The molecule has 164 valence electrons. The summed E-state index contributed by atoms with van der Waals surface area (Å²) in [6.07, 6.45) is 0.451. The first kappa shape index (κ1) is 21.6. The lowest BCUT2D eigenvalue weighted by Crippen LogP contribution is -2.41. The molecule has 0 atom stereocenters. The van der Waals surface area contributed by atoms with Gasteiger partial charge in [0, 0.05) is 18.9 Å². The van der Waals surface area contributed by atoms with Crippen LogP contribution in [0.25, 0.3) is 5.70 Å². The van der Waals surface area contributed by atoms with Crippen LogP contribution in [0.5, 0.6) is 11.5 Å². The third-order valence-corrected chi connectivity index (χ3v) is 6.12. The van der Waals surface area contributed by atoms with Gasteiger partial charge in [-0.25, -0.2) is 9.69 Å². The Balaban J connectivity index is 1.81. The summed E-state index contributed by atoms with van der Waals surface area (Å²) in [6.45, 7) is 2.94. The number of carbonyl (C=O) groups is 2. The molecule has 1 aromatic heterocycles. The van der Waals surface area contributed by atoms with Gasteiger partial charge in [0.1, 0.15) is 11.5 Å². The molecular weight excluding hydrogens is 428 g/mol. The Kier molecular flexibility index (Phi) is 6.00. The lowest BCUT2D eigenvalue weighted by Gasteiger charge is -2.32. The predicted octanol–water partition coefficient (Wildman–Crippen LogP) is 3.43. The molecule has 0 spiro atoms. The Morgan fingerprint density at radius 2 is 1.50 bits per heavy atom. The Labute approximate surface area is 189 Å². The first-order valence-electron chi connectivity index (χ1n) is 9.88. The van der Waals surface area contributed by atoms with Crippen molar-refractivity contribution in [3.63, 3.8) is 0 Å². The maximum Gasteiger partial charge on any atom is 0.243 e. The first-order chi connectivity index (χ1) is 15.4. The second-order valence-electron chi connectivity index (χ2n) is 7.13. The van der Waals surface area contributed by atoms with Crippen molar-refractivity contribution >= 4 is 29.1 Å². The number of fused-ring (bicyclic) bond motifs is 1. The van der Waals surface area contributed by atoms with E-state index in [-0.39, 0.29) is 11.7 Å². The summed E-state index contributed by atoms with van der Waals surface area (Å²) in [5, 5.41) is 10.5. The van der Waals surface area contributed by atoms with E-state index in [4.69, 9.17) is 9.47 Å². The van der Waals surface area contributed by atoms with Gasteiger partial charge in [-0.2, -0.15) is 0 Å². The zero-order chi connectivity index (χ0) is 22.8. The molecule has 9 heteroatoms. The summed E-state index contributed by atoms with van der Waals surface area (Å²) in [4.78, 5) is 25.8. The summed E-state index contributed by atoms with van der Waals surface area (Å²) in [5.41, 5.74) is 2.20. The lowest BCUT2D eigenvalue weighted by molar-refractivity contribution is -0.117. The van der Waals surface area contributed by atoms with Crippen LogP contribution in [0.4, 0.5) is 0 Å². The number of hydrogen-bond acceptors (Lipinski definition) is 7. The Bertz CT molecular complexity index is 1200. The van der Waals surface area contributed by atoms with Gasteiger partial charge in [-0.05, 0) is 60.6 Å². The smallest absolute Gasteiger partial charge is 0.243 e. The molecule has 0 fully saturated rings. The molecule has 0 radical (unpaired) electrons. The highest BCUT2D eigenvalue weighted by Gasteiger charge is 2.34. The van der Waals surface area contributed by atoms with Gasteiger partial charge < -0.3 is 9.47 Å². The van der Waals surface area contributed by atoms with E-state index in [1.165, 1.54) is 30.6 Å². The normalized spacial score (nSPS) is 13.1. The predicted molar refractivity (Wildman–Crippen MR) is 121 cm³/mol. The van der Waals surface area contributed by atoms with Crippen LogP contribution in [-0.4, -0.2) is 40.8 Å². The molecule has 1 amide bonds. The van der Waals surface area contributed by atoms with Gasteiger partial charge in [-0.15, -0.1) is 10.2 Å². The molecule has 0 aliphatic carbocycles. The number of allylic oxidation sites excluding steroid dienone is 1. The number of amides is 1. The van der Waals surface area contributed by atoms with Crippen molar-refractivity contribution in [1.82, 2.24) is 14.9 Å². The third-order valence-electron chi connectivity index (χ3n) is 5.00. The van der Waals surface area contributed by atoms with Gasteiger partial charge in [0.2, 0.25) is 11.1 Å². The maximum atomic E-state index is 12.9. The molecule has 2 heterocycles. The van der Waals surface area contributed by atoms with Crippen LogP contribution in [0.1, 0.15) is 30.8 Å². The summed E-state index contributed by atoms with van der Waals surface area (Å²) in [5.74, 6) is 1.61. The Hall–Kier alpha value is -3.59. The van der Waals surface area contributed by atoms with Gasteiger partial charge in [0.25, 0.3) is 0 Å². The third kappa shape index (κ3) is 3.99. The number of carbonyl (C=O) groups excluding carboxylic acids is 2. The van der Waals surface area contributed by atoms with E-state index >= 15 is 0 Å². The summed E-state index contributed by atoms with van der Waals surface area (Å²) in [6, 6.07) is 14.9. The number of Topliss-reactive ketones (excluding diaryl/α,β-unsaturated/α-hetero) is 1. The van der Waals surface area contributed by atoms with E-state index in [1.807, 2.05) is 36.4 Å². The molecular formula is C23H22N4O4S. The molecule has 0 N–H and O–H groups in total. The van der Waals surface area contributed by atoms with Gasteiger partial charge in [0.15, 0.2) is 11.6 Å². The van der Waals surface area contributed by atoms with Crippen molar-refractivity contribution in [2.24, 2.45) is 0 Å². The quantitative estimate of drug-likeness (QED) is 0.569. The topological polar surface area (TPSA) is 86.6 Å². The summed E-state index contributed by atoms with van der Waals surface area (Å²) in [7, 11) is 3.20. The van der Waals surface area contributed by atoms with Gasteiger partial charge in [0.05, 0.1) is 24.8 Å². The molecule has 0 bridgehead atoms. The Morgan fingerprint density at radius 1 is 0.906 bits per heavy atom. The largest absolute Gasteiger partial charge is 0.497 e. The zero-order valence-electron chi connectivity index (χ0n) is 18.2. The van der Waals surface area contributed by atoms with Crippen molar-refractivity contribution in [3.8, 4) is 11.5 Å². The SMILES string of the molecule is COc1ccc(Cc2nnc3n2N(C(C)=O)C(c2ccc(OC)cc2)=C(C(C)=O)S3)cc1. The van der Waals surface area contributed by atoms with Crippen LogP contribution < -0.4 is 14.5 Å². The molecule has 0 saturated heterocycles. The fourth-order valence-electron chi connectivity index (χ4n) is 3.47. The van der Waals surface area contributed by atoms with Crippen LogP contribution in [0, 0.1) is 0 Å². The van der Waals surface area contributed by atoms with E-state index in [0.29, 0.717) is 39.3 Å². The number of rotatable bonds is 6. The lowest BCUT2D eigenvalue weighted by atomic mass is 10.1. The van der Waals surface area contributed by atoms with Gasteiger partial charge in [-0.3, -0.25) is 9.59 Å². The van der Waals surface area contributed by atoms with E-state index in [1.54, 1.807) is 31.0 Å². The molecule has 3 aromatic rings. The number of hydrogen-bond donors (Lipinski definition) is 0. The van der Waals surface area contributed by atoms with E-state index < -0.39 is 0 Å². The van der Waals surface area contributed by atoms with Gasteiger partial charge >= 0.3 is 0 Å². The number of ketones is 1. The molecule has 1 aliphatic rings. The van der Waals surface area contributed by atoms with Crippen LogP contribution >= 0.6 is 11.8 Å². The fourth-order valence-corrected chi connectivity index (χ4v) is 4.45. The summed E-state index contributed by atoms with van der Waals surface area (Å²) < 4.78 is 12.2. The number of methoxy groups -OCH3 is 2. The second-order valence-corrected chi connectivity index (χ2v) is 8.11. The van der Waals surface area contributed by atoms with Crippen LogP contribution in [0.2, 0.25) is 0 Å². The van der Waals surface area contributed by atoms with Crippen LogP contribution in [0.15, 0.2) is 58.6 Å². The number of benzene rings is 2. The average Bonchev–Trinajstić information content (AvgIpc) is 3.20. The van der Waals surface area contributed by atoms with E-state index in [0.717, 1.165) is 11.3 Å². The summed E-state index contributed by atoms with van der Waals surface area (Å²) >= 11 is 1.21. The highest BCUT2D eigenvalue weighted by atomic mass is 32.2. The minimum atomic E-state index is -0.258. The molecule has 8 nitrogen and oxygen atoms in total. The second kappa shape index (κ2) is 8.88. The standard InChI is InChI=1S/C23H22N4O4S/c1-14(28)22-21(17-7-11-19(31-4)12-8-17)26(15(2)29)27-20(24-25-23(27)32-22)13-16-5-9-18(30-3)10-6-16/h5-12H,13H2,1-4H3. The first-order valence-corrected chi connectivity index (χ1v) is 10.7. The fraction of sp³-hybridized carbons (Fsp3) is 0.217. The zero-order valence-corrected chi connectivity index (χ0v) is 19.0. The minimum Gasteiger partial charge on any atom is -0.497 e. The van der Waals surface area contributed by atoms with Crippen LogP contribution in [0.3, 0.4) is 0 Å². The highest BCUT2D eigenvalue weighted by molar-refractivity contribution is 8.04. The number of nitrogens with zero attached hydrogens (tertiary/aromatic N) is 4. The van der Waals surface area contributed by atoms with Gasteiger partial charge in [-0.1, -0.05) is 12.1 Å². The molecule has 2 aromatic carbocycles. The minimum absolute atomic E-state index is 0.155. The number of ether oxygens (including phenoxy) is 2. The molecule has 4 rings (SSSR count). The van der Waals surface area contributed by atoms with Crippen molar-refractivity contribution in [3.05, 3.63) is 70.4 Å². The van der Waals surface area contributed by atoms with Crippen molar-refractivity contribution in [2.45, 2.75) is 25.4 Å².